The number of esters is 1. The van der Waals surface area contributed by atoms with Gasteiger partial charge in [0.1, 0.15) is 11.8 Å². The zero-order chi connectivity index (χ0) is 13.7. The molecule has 2 unspecified atom stereocenters. The normalized spacial score (nSPS) is 13.7. The molecule has 0 aliphatic rings. The molecule has 1 rings (SSSR count). The predicted molar refractivity (Wildman–Crippen MR) is 58.8 cm³/mol. The first-order chi connectivity index (χ1) is 8.47. The Balaban J connectivity index is 2.94. The van der Waals surface area contributed by atoms with Crippen molar-refractivity contribution in [2.45, 2.75) is 19.1 Å². The van der Waals surface area contributed by atoms with Crippen molar-refractivity contribution in [3.05, 3.63) is 29.6 Å². The van der Waals surface area contributed by atoms with Gasteiger partial charge in [-0.15, -0.1) is 0 Å². The summed E-state index contributed by atoms with van der Waals surface area (Å²) in [6.07, 6.45) is -3.72. The van der Waals surface area contributed by atoms with Crippen LogP contribution < -0.4 is 0 Å². The first-order valence-electron chi connectivity index (χ1n) is 5.20. The number of aromatic nitrogens is 1. The van der Waals surface area contributed by atoms with E-state index >= 15 is 0 Å². The van der Waals surface area contributed by atoms with Crippen LogP contribution in [0.2, 0.25) is 0 Å². The molecular formula is C11H13NO6. The molecule has 0 amide bonds. The number of pyridine rings is 1. The minimum Gasteiger partial charge on any atom is -0.479 e. The van der Waals surface area contributed by atoms with Gasteiger partial charge in [-0.25, -0.2) is 14.6 Å². The van der Waals surface area contributed by atoms with Crippen molar-refractivity contribution >= 4 is 11.9 Å². The van der Waals surface area contributed by atoms with Crippen LogP contribution in [0, 0.1) is 0 Å². The van der Waals surface area contributed by atoms with E-state index in [0.29, 0.717) is 0 Å². The van der Waals surface area contributed by atoms with Gasteiger partial charge in [-0.1, -0.05) is 6.07 Å². The summed E-state index contributed by atoms with van der Waals surface area (Å²) in [4.78, 5) is 25.6. The molecule has 0 bridgehead atoms. The second-order valence-corrected chi connectivity index (χ2v) is 3.40. The molecule has 0 fully saturated rings. The molecule has 1 aromatic rings. The fourth-order valence-corrected chi connectivity index (χ4v) is 1.23. The average molecular weight is 255 g/mol. The van der Waals surface area contributed by atoms with E-state index in [9.17, 15) is 19.8 Å². The largest absolute Gasteiger partial charge is 0.479 e. The van der Waals surface area contributed by atoms with Crippen LogP contribution in [0.1, 0.15) is 29.2 Å². The number of hydrogen-bond donors (Lipinski definition) is 3. The van der Waals surface area contributed by atoms with E-state index in [4.69, 9.17) is 9.84 Å². The number of carbonyl (C=O) groups excluding carboxylic acids is 1. The summed E-state index contributed by atoms with van der Waals surface area (Å²) < 4.78 is 4.71. The van der Waals surface area contributed by atoms with E-state index < -0.39 is 24.1 Å². The van der Waals surface area contributed by atoms with E-state index in [0.717, 1.165) is 0 Å². The number of aliphatic carboxylic acids is 1. The second kappa shape index (κ2) is 6.08. The number of carboxylic acid groups (broad SMARTS) is 1. The highest BCUT2D eigenvalue weighted by Gasteiger charge is 2.26. The van der Waals surface area contributed by atoms with Crippen LogP contribution in [-0.2, 0) is 9.53 Å². The smallest absolute Gasteiger partial charge is 0.356 e. The summed E-state index contributed by atoms with van der Waals surface area (Å²) >= 11 is 0. The quantitative estimate of drug-likeness (QED) is 0.620. The highest BCUT2D eigenvalue weighted by molar-refractivity contribution is 5.87. The van der Waals surface area contributed by atoms with Gasteiger partial charge in [0.05, 0.1) is 12.3 Å². The third-order valence-corrected chi connectivity index (χ3v) is 2.11. The summed E-state index contributed by atoms with van der Waals surface area (Å²) in [6, 6.07) is 4.08. The van der Waals surface area contributed by atoms with Gasteiger partial charge >= 0.3 is 11.9 Å². The van der Waals surface area contributed by atoms with Gasteiger partial charge < -0.3 is 20.1 Å². The van der Waals surface area contributed by atoms with E-state index in [1.807, 2.05) is 0 Å². The number of ether oxygens (including phenoxy) is 1. The van der Waals surface area contributed by atoms with Crippen LogP contribution in [0.5, 0.6) is 0 Å². The van der Waals surface area contributed by atoms with Crippen molar-refractivity contribution in [3.63, 3.8) is 0 Å². The molecule has 0 aromatic carbocycles. The van der Waals surface area contributed by atoms with Gasteiger partial charge in [-0.05, 0) is 19.1 Å². The molecule has 1 aromatic heterocycles. The van der Waals surface area contributed by atoms with Crippen molar-refractivity contribution in [2.24, 2.45) is 0 Å². The molecule has 0 aliphatic carbocycles. The Bertz CT molecular complexity index is 447. The molecular weight excluding hydrogens is 242 g/mol. The van der Waals surface area contributed by atoms with Crippen LogP contribution in [0.15, 0.2) is 18.2 Å². The first-order valence-corrected chi connectivity index (χ1v) is 5.20. The lowest BCUT2D eigenvalue weighted by Gasteiger charge is -2.13. The molecule has 0 aliphatic heterocycles. The molecule has 7 heteroatoms. The zero-order valence-electron chi connectivity index (χ0n) is 9.61. The van der Waals surface area contributed by atoms with Crippen molar-refractivity contribution in [1.82, 2.24) is 4.98 Å². The topological polar surface area (TPSA) is 117 Å². The minimum absolute atomic E-state index is 0.0639. The predicted octanol–water partition coefficient (Wildman–Crippen LogP) is -0.263. The zero-order valence-corrected chi connectivity index (χ0v) is 9.61. The third-order valence-electron chi connectivity index (χ3n) is 2.11. The fraction of sp³-hybridized carbons (Fsp3) is 0.364. The molecule has 0 saturated carbocycles. The lowest BCUT2D eigenvalue weighted by Crippen LogP contribution is -2.28. The molecule has 18 heavy (non-hydrogen) atoms. The summed E-state index contributed by atoms with van der Waals surface area (Å²) in [5.74, 6) is -2.26. The van der Waals surface area contributed by atoms with Crippen LogP contribution in [0.3, 0.4) is 0 Å². The van der Waals surface area contributed by atoms with Crippen LogP contribution in [0.4, 0.5) is 0 Å². The molecule has 0 spiro atoms. The SMILES string of the molecule is CCOC(=O)c1cccc(C(O)C(O)C(=O)O)n1. The molecule has 0 saturated heterocycles. The second-order valence-electron chi connectivity index (χ2n) is 3.40. The minimum atomic E-state index is -2.00. The molecule has 98 valence electrons. The Morgan fingerprint density at radius 2 is 2.06 bits per heavy atom. The van der Waals surface area contributed by atoms with Crippen molar-refractivity contribution in [1.29, 1.82) is 0 Å². The number of hydrogen-bond acceptors (Lipinski definition) is 6. The highest BCUT2D eigenvalue weighted by atomic mass is 16.5. The third kappa shape index (κ3) is 3.25. The van der Waals surface area contributed by atoms with Gasteiger partial charge in [0.25, 0.3) is 0 Å². The summed E-state index contributed by atoms with van der Waals surface area (Å²) in [5.41, 5.74) is -0.179. The lowest BCUT2D eigenvalue weighted by atomic mass is 10.1. The number of nitrogens with zero attached hydrogens (tertiary/aromatic N) is 1. The summed E-state index contributed by atoms with van der Waals surface area (Å²) in [7, 11) is 0. The lowest BCUT2D eigenvalue weighted by molar-refractivity contribution is -0.153. The number of carbonyl (C=O) groups is 2. The van der Waals surface area contributed by atoms with Gasteiger partial charge in [-0.3, -0.25) is 0 Å². The number of aliphatic hydroxyl groups is 2. The van der Waals surface area contributed by atoms with E-state index in [2.05, 4.69) is 4.98 Å². The van der Waals surface area contributed by atoms with E-state index in [-0.39, 0.29) is 18.0 Å². The summed E-state index contributed by atoms with van der Waals surface area (Å²) in [6.45, 7) is 1.80. The van der Waals surface area contributed by atoms with Crippen LogP contribution in [-0.4, -0.2) is 45.0 Å². The van der Waals surface area contributed by atoms with Crippen LogP contribution >= 0.6 is 0 Å². The Morgan fingerprint density at radius 1 is 1.39 bits per heavy atom. The van der Waals surface area contributed by atoms with E-state index in [1.165, 1.54) is 18.2 Å². The van der Waals surface area contributed by atoms with Gasteiger partial charge in [0.15, 0.2) is 6.10 Å². The van der Waals surface area contributed by atoms with E-state index in [1.54, 1.807) is 6.92 Å². The molecule has 3 N–H and O–H groups in total. The molecule has 7 nitrogen and oxygen atoms in total. The fourth-order valence-electron chi connectivity index (χ4n) is 1.23. The van der Waals surface area contributed by atoms with Crippen molar-refractivity contribution < 1.29 is 29.6 Å². The number of aliphatic hydroxyl groups excluding tert-OH is 2. The van der Waals surface area contributed by atoms with Gasteiger partial charge in [-0.2, -0.15) is 0 Å². The number of rotatable bonds is 5. The molecule has 2 atom stereocenters. The molecule has 0 radical (unpaired) electrons. The van der Waals surface area contributed by atoms with Crippen molar-refractivity contribution in [3.8, 4) is 0 Å². The Hall–Kier alpha value is -1.99. The maximum absolute atomic E-state index is 11.4. The number of carboxylic acids is 1. The van der Waals surface area contributed by atoms with Gasteiger partial charge in [0.2, 0.25) is 0 Å². The Morgan fingerprint density at radius 3 is 2.61 bits per heavy atom. The average Bonchev–Trinajstić information content (AvgIpc) is 2.37. The van der Waals surface area contributed by atoms with Crippen LogP contribution in [0.25, 0.3) is 0 Å². The molecule has 1 heterocycles. The standard InChI is InChI=1S/C11H13NO6/c1-2-18-11(17)7-5-3-4-6(12-7)8(13)9(14)10(15)16/h3-5,8-9,13-14H,2H2,1H3,(H,15,16). The maximum Gasteiger partial charge on any atom is 0.356 e. The Labute approximate surface area is 103 Å². The maximum atomic E-state index is 11.4. The van der Waals surface area contributed by atoms with Crippen molar-refractivity contribution in [2.75, 3.05) is 6.61 Å². The Kier molecular flexibility index (Phi) is 4.75. The summed E-state index contributed by atoms with van der Waals surface area (Å²) in [5, 5.41) is 27.3. The van der Waals surface area contributed by atoms with Gasteiger partial charge in [0, 0.05) is 0 Å². The monoisotopic (exact) mass is 255 g/mol. The first kappa shape index (κ1) is 14.1. The highest BCUT2D eigenvalue weighted by Crippen LogP contribution is 2.15.